The molecule has 0 aliphatic carbocycles. The Labute approximate surface area is 234 Å². The van der Waals surface area contributed by atoms with Crippen LogP contribution in [0, 0.1) is 24.1 Å². The van der Waals surface area contributed by atoms with Gasteiger partial charge in [0.1, 0.15) is 6.07 Å². The maximum atomic E-state index is 15.0. The van der Waals surface area contributed by atoms with Crippen LogP contribution in [-0.2, 0) is 13.1 Å². The van der Waals surface area contributed by atoms with Gasteiger partial charge in [-0.05, 0) is 47.4 Å². The first-order valence-electron chi connectivity index (χ1n) is 12.2. The Hall–Kier alpha value is -4.07. The molecular formula is C28H23Cl2FN8. The fourth-order valence-corrected chi connectivity index (χ4v) is 5.40. The number of nitriles is 1. The zero-order valence-corrected chi connectivity index (χ0v) is 22.2. The number of fused-ring (bicyclic) bond motifs is 2. The van der Waals surface area contributed by atoms with E-state index in [9.17, 15) is 5.26 Å². The summed E-state index contributed by atoms with van der Waals surface area (Å²) in [6, 6.07) is 15.1. The fourth-order valence-electron chi connectivity index (χ4n) is 4.97. The molecule has 11 heteroatoms. The van der Waals surface area contributed by atoms with Crippen molar-refractivity contribution in [3.8, 4) is 6.07 Å². The Morgan fingerprint density at radius 2 is 2.03 bits per heavy atom. The van der Waals surface area contributed by atoms with E-state index in [0.29, 0.717) is 32.9 Å². The van der Waals surface area contributed by atoms with Crippen LogP contribution in [0.25, 0.3) is 10.9 Å². The summed E-state index contributed by atoms with van der Waals surface area (Å²) in [5.41, 5.74) is 16.1. The van der Waals surface area contributed by atoms with Crippen molar-refractivity contribution < 1.29 is 4.39 Å². The third-order valence-electron chi connectivity index (χ3n) is 6.95. The third-order valence-corrected chi connectivity index (χ3v) is 7.70. The van der Waals surface area contributed by atoms with E-state index in [2.05, 4.69) is 55.5 Å². The van der Waals surface area contributed by atoms with Gasteiger partial charge in [0.2, 0.25) is 0 Å². The number of hydrogen-bond donors (Lipinski definition) is 6. The number of rotatable bonds is 6. The van der Waals surface area contributed by atoms with Gasteiger partial charge in [0.15, 0.2) is 5.82 Å². The molecule has 196 valence electrons. The van der Waals surface area contributed by atoms with Gasteiger partial charge in [0.05, 0.1) is 44.2 Å². The molecule has 0 radical (unpaired) electrons. The quantitative estimate of drug-likeness (QED) is 0.175. The second kappa shape index (κ2) is 10.2. The zero-order chi connectivity index (χ0) is 27.1. The van der Waals surface area contributed by atoms with Crippen molar-refractivity contribution in [2.24, 2.45) is 0 Å². The molecule has 0 unspecified atom stereocenters. The second-order valence-corrected chi connectivity index (χ2v) is 10.1. The highest BCUT2D eigenvalue weighted by Gasteiger charge is 2.26. The van der Waals surface area contributed by atoms with Crippen LogP contribution in [0.2, 0.25) is 10.0 Å². The lowest BCUT2D eigenvalue weighted by molar-refractivity contribution is 0.582. The number of hydrazine groups is 2. The number of nitrogens with one attached hydrogen (secondary N) is 6. The van der Waals surface area contributed by atoms with E-state index in [1.807, 2.05) is 18.3 Å². The van der Waals surface area contributed by atoms with E-state index in [4.69, 9.17) is 23.2 Å². The van der Waals surface area contributed by atoms with Crippen LogP contribution in [0.1, 0.15) is 33.9 Å². The highest BCUT2D eigenvalue weighted by Crippen LogP contribution is 2.38. The summed E-state index contributed by atoms with van der Waals surface area (Å²) in [7, 11) is 0. The van der Waals surface area contributed by atoms with Crippen LogP contribution in [-0.4, -0.2) is 4.98 Å². The van der Waals surface area contributed by atoms with Crippen LogP contribution in [0.4, 0.5) is 21.5 Å². The van der Waals surface area contributed by atoms with Gasteiger partial charge in [-0.3, -0.25) is 4.98 Å². The van der Waals surface area contributed by atoms with Crippen molar-refractivity contribution >= 4 is 51.2 Å². The Kier molecular flexibility index (Phi) is 6.62. The molecule has 6 rings (SSSR count). The van der Waals surface area contributed by atoms with E-state index < -0.39 is 5.82 Å². The number of aromatic nitrogens is 1. The molecule has 3 heterocycles. The maximum Gasteiger partial charge on any atom is 0.165 e. The van der Waals surface area contributed by atoms with Crippen LogP contribution >= 0.6 is 23.2 Å². The molecular weight excluding hydrogens is 538 g/mol. The summed E-state index contributed by atoms with van der Waals surface area (Å²) in [6.07, 6.45) is 3.28. The molecule has 0 spiro atoms. The second-order valence-electron chi connectivity index (χ2n) is 9.36. The lowest BCUT2D eigenvalue weighted by atomic mass is 9.95. The standard InChI is InChI=1S/C28H23Cl2FN8/c1-14-5-6-22(25(31)24(14)30)37-26-16(9-32)11-34-27-19(26)7-17(8-21(27)29)36-28(23-13-35-39-38-23)18-4-2-3-15-10-33-12-20(15)18/h2-8,11,13,28,33,35-36,38-39H,10,12H2,1H3,(H,34,37)/t28-/m0/s1. The number of hydrogen-bond acceptors (Lipinski definition) is 8. The van der Waals surface area contributed by atoms with Crippen molar-refractivity contribution in [1.82, 2.24) is 26.7 Å². The topological polar surface area (TPSA) is 109 Å². The molecule has 4 aromatic rings. The zero-order valence-electron chi connectivity index (χ0n) is 20.7. The molecule has 3 aromatic carbocycles. The van der Waals surface area contributed by atoms with Crippen LogP contribution in [0.15, 0.2) is 60.6 Å². The van der Waals surface area contributed by atoms with E-state index in [1.165, 1.54) is 17.3 Å². The van der Waals surface area contributed by atoms with Gasteiger partial charge in [-0.25, -0.2) is 4.39 Å². The highest BCUT2D eigenvalue weighted by molar-refractivity contribution is 6.36. The predicted octanol–water partition coefficient (Wildman–Crippen LogP) is 5.81. The van der Waals surface area contributed by atoms with E-state index in [0.717, 1.165) is 24.4 Å². The van der Waals surface area contributed by atoms with Gasteiger partial charge >= 0.3 is 0 Å². The summed E-state index contributed by atoms with van der Waals surface area (Å²) < 4.78 is 15.0. The van der Waals surface area contributed by atoms with Crippen LogP contribution in [0.3, 0.4) is 0 Å². The molecule has 1 atom stereocenters. The predicted molar refractivity (Wildman–Crippen MR) is 152 cm³/mol. The molecule has 1 aromatic heterocycles. The van der Waals surface area contributed by atoms with Gasteiger partial charge in [-0.1, -0.05) is 47.5 Å². The summed E-state index contributed by atoms with van der Waals surface area (Å²) in [4.78, 5) is 4.42. The molecule has 0 fully saturated rings. The summed E-state index contributed by atoms with van der Waals surface area (Å²) >= 11 is 12.9. The first kappa shape index (κ1) is 25.2. The number of aryl methyl sites for hydroxylation is 1. The first-order valence-corrected chi connectivity index (χ1v) is 13.0. The summed E-state index contributed by atoms with van der Waals surface area (Å²) in [5.74, 6) is -0.600. The molecule has 0 saturated carbocycles. The molecule has 0 saturated heterocycles. The Morgan fingerprint density at radius 3 is 2.82 bits per heavy atom. The monoisotopic (exact) mass is 560 g/mol. The summed E-state index contributed by atoms with van der Waals surface area (Å²) in [5, 5.41) is 20.9. The van der Waals surface area contributed by atoms with Crippen molar-refractivity contribution in [1.29, 1.82) is 5.26 Å². The first-order chi connectivity index (χ1) is 18.9. The minimum atomic E-state index is -0.600. The largest absolute Gasteiger partial charge is 0.373 e. The van der Waals surface area contributed by atoms with Crippen LogP contribution in [0.5, 0.6) is 0 Å². The minimum Gasteiger partial charge on any atom is -0.373 e. The normalized spacial score (nSPS) is 14.7. The van der Waals surface area contributed by atoms with Crippen molar-refractivity contribution in [2.45, 2.75) is 26.1 Å². The number of benzene rings is 3. The number of halogens is 3. The number of pyridine rings is 1. The molecule has 39 heavy (non-hydrogen) atoms. The molecule has 2 aliphatic heterocycles. The molecule has 2 aliphatic rings. The Bertz CT molecular complexity index is 1700. The van der Waals surface area contributed by atoms with Gasteiger partial charge < -0.3 is 26.8 Å². The molecule has 0 bridgehead atoms. The lowest BCUT2D eigenvalue weighted by Gasteiger charge is -2.24. The molecule has 6 N–H and O–H groups in total. The highest BCUT2D eigenvalue weighted by atomic mass is 35.5. The molecule has 8 nitrogen and oxygen atoms in total. The smallest absolute Gasteiger partial charge is 0.165 e. The average molecular weight is 561 g/mol. The summed E-state index contributed by atoms with van der Waals surface area (Å²) in [6.45, 7) is 3.31. The van der Waals surface area contributed by atoms with Crippen molar-refractivity contribution in [2.75, 3.05) is 10.6 Å². The van der Waals surface area contributed by atoms with E-state index in [-0.39, 0.29) is 22.3 Å². The number of anilines is 3. The molecule has 0 amide bonds. The minimum absolute atomic E-state index is 0.0181. The Balaban J connectivity index is 1.46. The van der Waals surface area contributed by atoms with Crippen molar-refractivity contribution in [3.63, 3.8) is 0 Å². The maximum absolute atomic E-state index is 15.0. The third kappa shape index (κ3) is 4.58. The van der Waals surface area contributed by atoms with Crippen LogP contribution < -0.4 is 32.3 Å². The number of nitrogens with zero attached hydrogens (tertiary/aromatic N) is 2. The van der Waals surface area contributed by atoms with E-state index in [1.54, 1.807) is 25.1 Å². The fraction of sp³-hybridized carbons (Fsp3) is 0.143. The van der Waals surface area contributed by atoms with Gasteiger partial charge in [0, 0.05) is 36.6 Å². The van der Waals surface area contributed by atoms with Gasteiger partial charge in [0.25, 0.3) is 0 Å². The van der Waals surface area contributed by atoms with Gasteiger partial charge in [-0.2, -0.15) is 10.8 Å². The lowest BCUT2D eigenvalue weighted by Crippen LogP contribution is -2.34. The SMILES string of the molecule is Cc1ccc(Nc2c(C#N)cnc3c(Cl)cc(N[C@H](C4=CNNN4)c4cccc5c4CNC5)cc23)c(F)c1Cl. The Morgan fingerprint density at radius 1 is 1.15 bits per heavy atom. The average Bonchev–Trinajstić information content (AvgIpc) is 3.65. The van der Waals surface area contributed by atoms with Crippen molar-refractivity contribution in [3.05, 3.63) is 104 Å². The van der Waals surface area contributed by atoms with E-state index >= 15 is 4.39 Å². The van der Waals surface area contributed by atoms with Gasteiger partial charge in [-0.15, -0.1) is 0 Å².